The number of urea groups is 1. The van der Waals surface area contributed by atoms with Crippen molar-refractivity contribution in [1.29, 1.82) is 0 Å². The molecule has 1 aromatic carbocycles. The molecular formula is C15H20ClFN2O3. The van der Waals surface area contributed by atoms with Crippen molar-refractivity contribution in [2.75, 3.05) is 13.2 Å². The number of carbonyl (C=O) groups excluding carboxylic acids is 1. The lowest BCUT2D eigenvalue weighted by Crippen LogP contribution is -2.43. The molecule has 1 saturated heterocycles. The van der Waals surface area contributed by atoms with Crippen LogP contribution >= 0.6 is 11.6 Å². The van der Waals surface area contributed by atoms with E-state index in [1.54, 1.807) is 13.0 Å². The number of benzene rings is 1. The number of amides is 2. The van der Waals surface area contributed by atoms with Crippen LogP contribution in [-0.2, 0) is 4.74 Å². The maximum absolute atomic E-state index is 13.6. The Labute approximate surface area is 133 Å². The zero-order valence-electron chi connectivity index (χ0n) is 12.3. The lowest BCUT2D eigenvalue weighted by molar-refractivity contribution is 0.0996. The van der Waals surface area contributed by atoms with Gasteiger partial charge in [0.2, 0.25) is 0 Å². The Morgan fingerprint density at radius 3 is 3.05 bits per heavy atom. The molecular weight excluding hydrogens is 311 g/mol. The highest BCUT2D eigenvalue weighted by atomic mass is 35.5. The highest BCUT2D eigenvalue weighted by Crippen LogP contribution is 2.30. The molecule has 3 atom stereocenters. The molecule has 22 heavy (non-hydrogen) atoms. The Bertz CT molecular complexity index is 528. The SMILES string of the molecule is CC(O)CCNC(=O)NC1CCOC1c1ccc(Cl)c(F)c1. The maximum Gasteiger partial charge on any atom is 0.315 e. The van der Waals surface area contributed by atoms with Gasteiger partial charge in [0.25, 0.3) is 0 Å². The smallest absolute Gasteiger partial charge is 0.315 e. The molecule has 1 aliphatic rings. The molecule has 0 saturated carbocycles. The molecule has 1 fully saturated rings. The van der Waals surface area contributed by atoms with Gasteiger partial charge in [0, 0.05) is 13.2 Å². The third-order valence-corrected chi connectivity index (χ3v) is 3.83. The Hall–Kier alpha value is -1.37. The van der Waals surface area contributed by atoms with E-state index in [4.69, 9.17) is 21.4 Å². The minimum absolute atomic E-state index is 0.0575. The second-order valence-electron chi connectivity index (χ2n) is 5.40. The maximum atomic E-state index is 13.6. The predicted octanol–water partition coefficient (Wildman–Crippen LogP) is 2.38. The third kappa shape index (κ3) is 4.56. The number of hydrogen-bond donors (Lipinski definition) is 3. The lowest BCUT2D eigenvalue weighted by Gasteiger charge is -2.21. The van der Waals surface area contributed by atoms with Crippen LogP contribution in [0.25, 0.3) is 0 Å². The molecule has 2 rings (SSSR count). The van der Waals surface area contributed by atoms with E-state index in [0.29, 0.717) is 31.6 Å². The number of aliphatic hydroxyl groups excluding tert-OH is 1. The molecule has 2 amide bonds. The van der Waals surface area contributed by atoms with Gasteiger partial charge in [-0.3, -0.25) is 0 Å². The molecule has 122 valence electrons. The molecule has 0 aromatic heterocycles. The zero-order chi connectivity index (χ0) is 16.1. The summed E-state index contributed by atoms with van der Waals surface area (Å²) in [6, 6.07) is 3.95. The normalized spacial score (nSPS) is 22.4. The molecule has 1 aromatic rings. The van der Waals surface area contributed by atoms with E-state index in [1.165, 1.54) is 12.1 Å². The van der Waals surface area contributed by atoms with E-state index in [-0.39, 0.29) is 17.1 Å². The van der Waals surface area contributed by atoms with Crippen LogP contribution in [0.2, 0.25) is 5.02 Å². The van der Waals surface area contributed by atoms with E-state index in [0.717, 1.165) is 0 Å². The topological polar surface area (TPSA) is 70.6 Å². The molecule has 3 unspecified atom stereocenters. The van der Waals surface area contributed by atoms with Crippen LogP contribution in [0.5, 0.6) is 0 Å². The van der Waals surface area contributed by atoms with E-state index in [9.17, 15) is 9.18 Å². The van der Waals surface area contributed by atoms with Gasteiger partial charge in [-0.1, -0.05) is 17.7 Å². The molecule has 0 bridgehead atoms. The Morgan fingerprint density at radius 2 is 2.36 bits per heavy atom. The van der Waals surface area contributed by atoms with Crippen LogP contribution in [0.15, 0.2) is 18.2 Å². The standard InChI is InChI=1S/C15H20ClFN2O3/c1-9(20)4-6-18-15(21)19-13-5-7-22-14(13)10-2-3-11(16)12(17)8-10/h2-3,8-9,13-14,20H,4-7H2,1H3,(H2,18,19,21). The van der Waals surface area contributed by atoms with Crippen LogP contribution in [0.3, 0.4) is 0 Å². The van der Waals surface area contributed by atoms with Crippen LogP contribution in [0.4, 0.5) is 9.18 Å². The van der Waals surface area contributed by atoms with Crippen LogP contribution in [-0.4, -0.2) is 36.4 Å². The van der Waals surface area contributed by atoms with Gasteiger partial charge in [-0.25, -0.2) is 9.18 Å². The first kappa shape index (κ1) is 17.0. The average Bonchev–Trinajstić information content (AvgIpc) is 2.89. The van der Waals surface area contributed by atoms with E-state index in [1.807, 2.05) is 0 Å². The second kappa shape index (κ2) is 7.76. The van der Waals surface area contributed by atoms with E-state index >= 15 is 0 Å². The van der Waals surface area contributed by atoms with Crippen LogP contribution < -0.4 is 10.6 Å². The summed E-state index contributed by atoms with van der Waals surface area (Å²) >= 11 is 5.67. The molecule has 0 spiro atoms. The van der Waals surface area contributed by atoms with Crippen molar-refractivity contribution >= 4 is 17.6 Å². The largest absolute Gasteiger partial charge is 0.393 e. The summed E-state index contributed by atoms with van der Waals surface area (Å²) in [5.41, 5.74) is 0.647. The number of carbonyl (C=O) groups is 1. The van der Waals surface area contributed by atoms with Crippen molar-refractivity contribution in [1.82, 2.24) is 10.6 Å². The zero-order valence-corrected chi connectivity index (χ0v) is 13.1. The fraction of sp³-hybridized carbons (Fsp3) is 0.533. The first-order valence-electron chi connectivity index (χ1n) is 7.26. The van der Waals surface area contributed by atoms with Gasteiger partial charge in [0.05, 0.1) is 17.2 Å². The van der Waals surface area contributed by atoms with Crippen molar-refractivity contribution < 1.29 is 19.0 Å². The molecule has 1 aliphatic heterocycles. The quantitative estimate of drug-likeness (QED) is 0.776. The monoisotopic (exact) mass is 330 g/mol. The summed E-state index contributed by atoms with van der Waals surface area (Å²) in [5.74, 6) is -0.505. The number of rotatable bonds is 5. The van der Waals surface area contributed by atoms with Crippen molar-refractivity contribution in [3.63, 3.8) is 0 Å². The highest BCUT2D eigenvalue weighted by molar-refractivity contribution is 6.30. The molecule has 5 nitrogen and oxygen atoms in total. The Balaban J connectivity index is 1.92. The fourth-order valence-corrected chi connectivity index (χ4v) is 2.49. The number of halogens is 2. The summed E-state index contributed by atoms with van der Waals surface area (Å²) in [6.07, 6.45) is 0.285. The second-order valence-corrected chi connectivity index (χ2v) is 5.81. The number of hydrogen-bond acceptors (Lipinski definition) is 3. The van der Waals surface area contributed by atoms with Gasteiger partial charge in [0.1, 0.15) is 11.9 Å². The molecule has 1 heterocycles. The van der Waals surface area contributed by atoms with Gasteiger partial charge >= 0.3 is 6.03 Å². The van der Waals surface area contributed by atoms with Crippen molar-refractivity contribution in [3.05, 3.63) is 34.6 Å². The van der Waals surface area contributed by atoms with Gasteiger partial charge in [0.15, 0.2) is 0 Å². The summed E-state index contributed by atoms with van der Waals surface area (Å²) in [7, 11) is 0. The first-order chi connectivity index (χ1) is 10.5. The summed E-state index contributed by atoms with van der Waals surface area (Å²) in [6.45, 7) is 2.54. The lowest BCUT2D eigenvalue weighted by atomic mass is 10.0. The van der Waals surface area contributed by atoms with E-state index < -0.39 is 18.0 Å². The number of ether oxygens (including phenoxy) is 1. The average molecular weight is 331 g/mol. The van der Waals surface area contributed by atoms with Gasteiger partial charge in [-0.15, -0.1) is 0 Å². The Kier molecular flexibility index (Phi) is 5.99. The molecule has 3 N–H and O–H groups in total. The molecule has 7 heteroatoms. The number of aliphatic hydroxyl groups is 1. The van der Waals surface area contributed by atoms with Gasteiger partial charge in [-0.2, -0.15) is 0 Å². The number of nitrogens with one attached hydrogen (secondary N) is 2. The summed E-state index contributed by atoms with van der Waals surface area (Å²) in [4.78, 5) is 11.8. The summed E-state index contributed by atoms with van der Waals surface area (Å²) < 4.78 is 19.2. The third-order valence-electron chi connectivity index (χ3n) is 3.53. The van der Waals surface area contributed by atoms with Crippen LogP contribution in [0, 0.1) is 5.82 Å². The predicted molar refractivity (Wildman–Crippen MR) is 81.3 cm³/mol. The highest BCUT2D eigenvalue weighted by Gasteiger charge is 2.31. The summed E-state index contributed by atoms with van der Waals surface area (Å²) in [5, 5.41) is 14.7. The Morgan fingerprint density at radius 1 is 1.59 bits per heavy atom. The van der Waals surface area contributed by atoms with Gasteiger partial charge < -0.3 is 20.5 Å². The van der Waals surface area contributed by atoms with Gasteiger partial charge in [-0.05, 0) is 37.5 Å². The minimum atomic E-state index is -0.505. The van der Waals surface area contributed by atoms with Crippen molar-refractivity contribution in [3.8, 4) is 0 Å². The van der Waals surface area contributed by atoms with Crippen LogP contribution in [0.1, 0.15) is 31.4 Å². The first-order valence-corrected chi connectivity index (χ1v) is 7.64. The van der Waals surface area contributed by atoms with Crippen molar-refractivity contribution in [2.24, 2.45) is 0 Å². The molecule has 0 radical (unpaired) electrons. The fourth-order valence-electron chi connectivity index (χ4n) is 2.37. The molecule has 0 aliphatic carbocycles. The van der Waals surface area contributed by atoms with E-state index in [2.05, 4.69) is 10.6 Å². The minimum Gasteiger partial charge on any atom is -0.393 e. The van der Waals surface area contributed by atoms with Crippen molar-refractivity contribution in [2.45, 2.75) is 38.0 Å².